The summed E-state index contributed by atoms with van der Waals surface area (Å²) in [5.74, 6) is 0. The minimum absolute atomic E-state index is 0.822. The number of rotatable bonds is 5. The summed E-state index contributed by atoms with van der Waals surface area (Å²) in [6, 6.07) is 14.0. The van der Waals surface area contributed by atoms with Gasteiger partial charge in [-0.15, -0.1) is 0 Å². The highest BCUT2D eigenvalue weighted by Gasteiger charge is 1.94. The third kappa shape index (κ3) is 6.11. The quantitative estimate of drug-likeness (QED) is 0.523. The summed E-state index contributed by atoms with van der Waals surface area (Å²) in [7, 11) is 0. The lowest BCUT2D eigenvalue weighted by Crippen LogP contribution is -1.73. The fourth-order valence-electron chi connectivity index (χ4n) is 2.04. The number of hydrogen-bond acceptors (Lipinski definition) is 0. The Balaban J connectivity index is 0.000000203. The first kappa shape index (κ1) is 16.0. The van der Waals surface area contributed by atoms with Gasteiger partial charge < -0.3 is 0 Å². The Morgan fingerprint density at radius 3 is 1.89 bits per heavy atom. The molecule has 0 nitrogen and oxygen atoms in total. The Labute approximate surface area is 122 Å². The van der Waals surface area contributed by atoms with Crippen molar-refractivity contribution in [3.8, 4) is 0 Å². The van der Waals surface area contributed by atoms with Crippen LogP contribution >= 0.6 is 11.6 Å². The normalized spacial score (nSPS) is 10.1. The van der Waals surface area contributed by atoms with Crippen LogP contribution in [0.2, 0.25) is 5.02 Å². The van der Waals surface area contributed by atoms with Crippen LogP contribution in [-0.4, -0.2) is 0 Å². The molecule has 0 aliphatic heterocycles. The van der Waals surface area contributed by atoms with E-state index in [9.17, 15) is 0 Å². The van der Waals surface area contributed by atoms with Gasteiger partial charge in [-0.2, -0.15) is 0 Å². The first-order chi connectivity index (χ1) is 9.29. The molecule has 2 aromatic carbocycles. The number of hydrogen-bond donors (Lipinski definition) is 0. The smallest absolute Gasteiger partial charge is 0.0484 e. The van der Waals surface area contributed by atoms with Gasteiger partial charge >= 0.3 is 0 Å². The molecule has 0 aliphatic rings. The van der Waals surface area contributed by atoms with Crippen LogP contribution in [0.4, 0.5) is 0 Å². The first-order valence-corrected chi connectivity index (χ1v) is 7.80. The molecular formula is C18H25Cl. The van der Waals surface area contributed by atoms with Gasteiger partial charge in [-0.1, -0.05) is 100 Å². The third-order valence-electron chi connectivity index (χ3n) is 3.19. The molecule has 0 fully saturated rings. The van der Waals surface area contributed by atoms with Crippen LogP contribution in [0.1, 0.15) is 52.4 Å². The number of fused-ring (bicyclic) bond motifs is 1. The van der Waals surface area contributed by atoms with Gasteiger partial charge in [0.1, 0.15) is 0 Å². The predicted octanol–water partition coefficient (Wildman–Crippen LogP) is 6.86. The van der Waals surface area contributed by atoms with Crippen molar-refractivity contribution >= 4 is 22.4 Å². The van der Waals surface area contributed by atoms with Crippen LogP contribution in [0.15, 0.2) is 42.5 Å². The van der Waals surface area contributed by atoms with E-state index < -0.39 is 0 Å². The second kappa shape index (κ2) is 9.86. The van der Waals surface area contributed by atoms with E-state index >= 15 is 0 Å². The summed E-state index contributed by atoms with van der Waals surface area (Å²) < 4.78 is 0. The maximum Gasteiger partial charge on any atom is 0.0484 e. The van der Waals surface area contributed by atoms with E-state index in [-0.39, 0.29) is 0 Å². The van der Waals surface area contributed by atoms with Gasteiger partial charge in [0, 0.05) is 10.4 Å². The molecule has 0 aromatic heterocycles. The first-order valence-electron chi connectivity index (χ1n) is 7.42. The highest BCUT2D eigenvalue weighted by Crippen LogP contribution is 2.22. The molecule has 2 rings (SSSR count). The summed E-state index contributed by atoms with van der Waals surface area (Å²) in [4.78, 5) is 0. The molecule has 0 N–H and O–H groups in total. The van der Waals surface area contributed by atoms with Crippen LogP contribution in [0.5, 0.6) is 0 Å². The zero-order valence-electron chi connectivity index (χ0n) is 12.2. The molecule has 1 heteroatoms. The molecule has 0 radical (unpaired) electrons. The second-order valence-electron chi connectivity index (χ2n) is 4.88. The molecule has 0 saturated carbocycles. The van der Waals surface area contributed by atoms with Crippen molar-refractivity contribution in [2.24, 2.45) is 0 Å². The van der Waals surface area contributed by atoms with Crippen LogP contribution in [0.3, 0.4) is 0 Å². The number of halogens is 1. The van der Waals surface area contributed by atoms with E-state index in [0.717, 1.165) is 10.4 Å². The molecule has 2 aromatic rings. The summed E-state index contributed by atoms with van der Waals surface area (Å²) in [5.41, 5.74) is 0. The van der Waals surface area contributed by atoms with E-state index in [2.05, 4.69) is 26.0 Å². The van der Waals surface area contributed by atoms with E-state index in [0.29, 0.717) is 0 Å². The zero-order valence-corrected chi connectivity index (χ0v) is 12.9. The van der Waals surface area contributed by atoms with Gasteiger partial charge in [0.05, 0.1) is 0 Å². The van der Waals surface area contributed by atoms with E-state index in [1.807, 2.05) is 30.3 Å². The monoisotopic (exact) mass is 276 g/mol. The van der Waals surface area contributed by atoms with E-state index in [4.69, 9.17) is 11.6 Å². The summed E-state index contributed by atoms with van der Waals surface area (Å²) >= 11 is 5.96. The molecule has 0 spiro atoms. The van der Waals surface area contributed by atoms with Crippen molar-refractivity contribution in [3.63, 3.8) is 0 Å². The van der Waals surface area contributed by atoms with Crippen LogP contribution in [0.25, 0.3) is 10.8 Å². The van der Waals surface area contributed by atoms with Crippen molar-refractivity contribution in [3.05, 3.63) is 47.5 Å². The third-order valence-corrected chi connectivity index (χ3v) is 3.52. The predicted molar refractivity (Wildman–Crippen MR) is 88.0 cm³/mol. The lowest BCUT2D eigenvalue weighted by Gasteiger charge is -1.97. The maximum absolute atomic E-state index is 5.96. The van der Waals surface area contributed by atoms with Gasteiger partial charge in [-0.3, -0.25) is 0 Å². The Morgan fingerprint density at radius 2 is 1.32 bits per heavy atom. The summed E-state index contributed by atoms with van der Waals surface area (Å²) in [6.07, 6.45) is 8.49. The summed E-state index contributed by atoms with van der Waals surface area (Å²) in [5, 5.41) is 3.14. The zero-order chi connectivity index (χ0) is 13.9. The standard InChI is InChI=1S/C10H7Cl.C8H18/c11-10-7-3-5-8-4-1-2-6-9(8)10;1-3-5-7-8-6-4-2/h1-7H;3-8H2,1-2H3. The lowest BCUT2D eigenvalue weighted by atomic mass is 10.1. The molecule has 104 valence electrons. The van der Waals surface area contributed by atoms with Crippen LogP contribution < -0.4 is 0 Å². The molecule has 0 saturated heterocycles. The van der Waals surface area contributed by atoms with Gasteiger partial charge in [0.15, 0.2) is 0 Å². The van der Waals surface area contributed by atoms with Gasteiger partial charge in [-0.25, -0.2) is 0 Å². The van der Waals surface area contributed by atoms with Crippen molar-refractivity contribution in [1.29, 1.82) is 0 Å². The molecule has 19 heavy (non-hydrogen) atoms. The van der Waals surface area contributed by atoms with Crippen molar-refractivity contribution < 1.29 is 0 Å². The van der Waals surface area contributed by atoms with Crippen molar-refractivity contribution in [2.75, 3.05) is 0 Å². The van der Waals surface area contributed by atoms with Crippen molar-refractivity contribution in [1.82, 2.24) is 0 Å². The highest BCUT2D eigenvalue weighted by molar-refractivity contribution is 6.35. The SMILES string of the molecule is CCCCCCCC.Clc1cccc2ccccc12. The maximum atomic E-state index is 5.96. The number of unbranched alkanes of at least 4 members (excludes halogenated alkanes) is 5. The molecule has 0 aliphatic carbocycles. The van der Waals surface area contributed by atoms with Gasteiger partial charge in [0.2, 0.25) is 0 Å². The number of benzene rings is 2. The van der Waals surface area contributed by atoms with Crippen LogP contribution in [0, 0.1) is 0 Å². The largest absolute Gasteiger partial charge is 0.0837 e. The molecule has 0 unspecified atom stereocenters. The van der Waals surface area contributed by atoms with E-state index in [1.54, 1.807) is 0 Å². The minimum atomic E-state index is 0.822. The average Bonchev–Trinajstić information content (AvgIpc) is 2.45. The van der Waals surface area contributed by atoms with Crippen molar-refractivity contribution in [2.45, 2.75) is 52.4 Å². The fourth-order valence-corrected chi connectivity index (χ4v) is 2.28. The second-order valence-corrected chi connectivity index (χ2v) is 5.28. The Hall–Kier alpha value is -1.01. The topological polar surface area (TPSA) is 0 Å². The summed E-state index contributed by atoms with van der Waals surface area (Å²) in [6.45, 7) is 4.51. The molecule has 0 atom stereocenters. The van der Waals surface area contributed by atoms with Gasteiger partial charge in [0.25, 0.3) is 0 Å². The molecule has 0 heterocycles. The minimum Gasteiger partial charge on any atom is -0.0837 e. The molecule has 0 amide bonds. The fraction of sp³-hybridized carbons (Fsp3) is 0.444. The Kier molecular flexibility index (Phi) is 8.33. The Morgan fingerprint density at radius 1 is 0.737 bits per heavy atom. The highest BCUT2D eigenvalue weighted by atomic mass is 35.5. The van der Waals surface area contributed by atoms with Crippen LogP contribution in [-0.2, 0) is 0 Å². The molecular weight excluding hydrogens is 252 g/mol. The lowest BCUT2D eigenvalue weighted by molar-refractivity contribution is 0.624. The Bertz CT molecular complexity index is 451. The van der Waals surface area contributed by atoms with Gasteiger partial charge in [-0.05, 0) is 11.5 Å². The van der Waals surface area contributed by atoms with E-state index in [1.165, 1.54) is 43.9 Å². The molecule has 0 bridgehead atoms. The average molecular weight is 277 g/mol.